The molecule has 0 aliphatic carbocycles. The highest BCUT2D eigenvalue weighted by Gasteiger charge is 2.27. The van der Waals surface area contributed by atoms with Crippen molar-refractivity contribution in [1.82, 2.24) is 9.55 Å². The summed E-state index contributed by atoms with van der Waals surface area (Å²) in [6, 6.07) is 19.2. The molecule has 0 radical (unpaired) electrons. The van der Waals surface area contributed by atoms with E-state index < -0.39 is 7.12 Å². The van der Waals surface area contributed by atoms with Gasteiger partial charge in [0.05, 0.1) is 6.61 Å². The number of amides is 1. The third-order valence-electron chi connectivity index (χ3n) is 5.20. The number of nitrogens with zero attached hydrogens (tertiary/aromatic N) is 2. The van der Waals surface area contributed by atoms with Crippen LogP contribution < -0.4 is 10.8 Å². The second-order valence-corrected chi connectivity index (χ2v) is 7.06. The molecule has 2 N–H and O–H groups in total. The van der Waals surface area contributed by atoms with E-state index in [1.807, 2.05) is 53.1 Å². The lowest BCUT2D eigenvalue weighted by Gasteiger charge is -2.12. The van der Waals surface area contributed by atoms with Gasteiger partial charge in [-0.05, 0) is 53.0 Å². The summed E-state index contributed by atoms with van der Waals surface area (Å²) in [6.45, 7) is 0.908. The molecular weight excluding hydrogens is 365 g/mol. The molecule has 7 heteroatoms. The Bertz CT molecular complexity index is 1210. The summed E-state index contributed by atoms with van der Waals surface area (Å²) >= 11 is 0. The first-order valence-corrected chi connectivity index (χ1v) is 9.40. The van der Waals surface area contributed by atoms with Crippen molar-refractivity contribution in [1.29, 1.82) is 0 Å². The number of carbonyl (C=O) groups excluding carboxylic acids is 1. The SMILES string of the molecule is O=C(Nc1ccc2c(c1)COB2O)c1cc2ccccc2n1Cc1ccncc1. The minimum Gasteiger partial charge on any atom is -0.423 e. The van der Waals surface area contributed by atoms with E-state index in [2.05, 4.69) is 10.3 Å². The van der Waals surface area contributed by atoms with E-state index in [1.165, 1.54) is 0 Å². The van der Waals surface area contributed by atoms with Gasteiger partial charge in [-0.25, -0.2) is 0 Å². The molecule has 0 saturated carbocycles. The van der Waals surface area contributed by atoms with Crippen LogP contribution in [-0.4, -0.2) is 27.6 Å². The minimum absolute atomic E-state index is 0.185. The average molecular weight is 383 g/mol. The van der Waals surface area contributed by atoms with Crippen molar-refractivity contribution in [3.05, 3.63) is 89.9 Å². The van der Waals surface area contributed by atoms with Crippen molar-refractivity contribution in [2.24, 2.45) is 0 Å². The monoisotopic (exact) mass is 383 g/mol. The van der Waals surface area contributed by atoms with Gasteiger partial charge >= 0.3 is 7.12 Å². The summed E-state index contributed by atoms with van der Waals surface area (Å²) in [5.41, 5.74) is 4.95. The van der Waals surface area contributed by atoms with Crippen LogP contribution in [0.2, 0.25) is 0 Å². The summed E-state index contributed by atoms with van der Waals surface area (Å²) in [6.07, 6.45) is 3.50. The normalized spacial score (nSPS) is 12.9. The molecule has 0 saturated heterocycles. The number of hydrogen-bond donors (Lipinski definition) is 2. The zero-order valence-corrected chi connectivity index (χ0v) is 15.6. The van der Waals surface area contributed by atoms with E-state index in [0.29, 0.717) is 24.5 Å². The van der Waals surface area contributed by atoms with Crippen molar-refractivity contribution in [2.45, 2.75) is 13.2 Å². The maximum Gasteiger partial charge on any atom is 0.491 e. The predicted molar refractivity (Wildman–Crippen MR) is 112 cm³/mol. The van der Waals surface area contributed by atoms with Crippen molar-refractivity contribution in [3.63, 3.8) is 0 Å². The Morgan fingerprint density at radius 1 is 1.14 bits per heavy atom. The fourth-order valence-electron chi connectivity index (χ4n) is 3.74. The topological polar surface area (TPSA) is 76.4 Å². The molecule has 1 amide bonds. The number of benzene rings is 2. The lowest BCUT2D eigenvalue weighted by molar-refractivity contribution is 0.101. The number of carbonyl (C=O) groups is 1. The maximum absolute atomic E-state index is 13.1. The van der Waals surface area contributed by atoms with Crippen LogP contribution in [0.15, 0.2) is 73.1 Å². The molecule has 1 aliphatic rings. The van der Waals surface area contributed by atoms with Gasteiger partial charge in [-0.15, -0.1) is 0 Å². The van der Waals surface area contributed by atoms with Gasteiger partial charge in [0.25, 0.3) is 5.91 Å². The Hall–Kier alpha value is -3.42. The van der Waals surface area contributed by atoms with Crippen LogP contribution in [0.1, 0.15) is 21.6 Å². The predicted octanol–water partition coefficient (Wildman–Crippen LogP) is 2.55. The highest BCUT2D eigenvalue weighted by atomic mass is 16.5. The van der Waals surface area contributed by atoms with Gasteiger partial charge < -0.3 is 19.6 Å². The second kappa shape index (κ2) is 7.20. The molecule has 0 unspecified atom stereocenters. The Kier molecular flexibility index (Phi) is 4.39. The van der Waals surface area contributed by atoms with Gasteiger partial charge in [0.1, 0.15) is 5.69 Å². The molecular formula is C22H18BN3O3. The lowest BCUT2D eigenvalue weighted by atomic mass is 9.79. The zero-order chi connectivity index (χ0) is 19.8. The van der Waals surface area contributed by atoms with E-state index >= 15 is 0 Å². The molecule has 1 aliphatic heterocycles. The molecule has 29 heavy (non-hydrogen) atoms. The molecule has 6 nitrogen and oxygen atoms in total. The Labute approximate surface area is 167 Å². The third-order valence-corrected chi connectivity index (χ3v) is 5.20. The van der Waals surface area contributed by atoms with E-state index in [9.17, 15) is 9.82 Å². The van der Waals surface area contributed by atoms with Crippen LogP contribution in [-0.2, 0) is 17.8 Å². The summed E-state index contributed by atoms with van der Waals surface area (Å²) in [4.78, 5) is 17.2. The highest BCUT2D eigenvalue weighted by molar-refractivity contribution is 6.61. The van der Waals surface area contributed by atoms with Gasteiger partial charge in [-0.3, -0.25) is 9.78 Å². The number of hydrogen-bond acceptors (Lipinski definition) is 4. The van der Waals surface area contributed by atoms with Gasteiger partial charge in [0, 0.05) is 35.5 Å². The molecule has 3 heterocycles. The summed E-state index contributed by atoms with van der Waals surface area (Å²) in [5.74, 6) is -0.185. The Morgan fingerprint density at radius 3 is 2.83 bits per heavy atom. The fourth-order valence-corrected chi connectivity index (χ4v) is 3.74. The van der Waals surface area contributed by atoms with E-state index in [-0.39, 0.29) is 5.91 Å². The van der Waals surface area contributed by atoms with Crippen molar-refractivity contribution >= 4 is 35.1 Å². The molecule has 2 aromatic heterocycles. The van der Waals surface area contributed by atoms with Crippen LogP contribution in [0.25, 0.3) is 10.9 Å². The minimum atomic E-state index is -0.891. The van der Waals surface area contributed by atoms with Crippen LogP contribution in [0.4, 0.5) is 5.69 Å². The number of aromatic nitrogens is 2. The van der Waals surface area contributed by atoms with Crippen LogP contribution in [0.3, 0.4) is 0 Å². The van der Waals surface area contributed by atoms with Gasteiger partial charge in [-0.1, -0.05) is 24.3 Å². The number of nitrogens with one attached hydrogen (secondary N) is 1. The summed E-state index contributed by atoms with van der Waals surface area (Å²) in [5, 5.41) is 13.8. The van der Waals surface area contributed by atoms with E-state index in [1.54, 1.807) is 24.5 Å². The van der Waals surface area contributed by atoms with Crippen molar-refractivity contribution in [3.8, 4) is 0 Å². The van der Waals surface area contributed by atoms with Crippen molar-refractivity contribution < 1.29 is 14.5 Å². The van der Waals surface area contributed by atoms with E-state index in [4.69, 9.17) is 4.65 Å². The highest BCUT2D eigenvalue weighted by Crippen LogP contribution is 2.23. The Balaban J connectivity index is 1.49. The molecule has 5 rings (SSSR count). The summed E-state index contributed by atoms with van der Waals surface area (Å²) in [7, 11) is -0.891. The molecule has 0 atom stereocenters. The number of anilines is 1. The first kappa shape index (κ1) is 17.7. The number of rotatable bonds is 4. The van der Waals surface area contributed by atoms with Crippen LogP contribution in [0.5, 0.6) is 0 Å². The number of fused-ring (bicyclic) bond motifs is 2. The van der Waals surface area contributed by atoms with Gasteiger partial charge in [0.15, 0.2) is 0 Å². The average Bonchev–Trinajstić information content (AvgIpc) is 3.30. The maximum atomic E-state index is 13.1. The standard InChI is InChI=1S/C22H18BN3O3/c27-22(25-18-5-6-19-17(11-18)14-29-23(19)28)21-12-16-3-1-2-4-20(16)26(21)13-15-7-9-24-10-8-15/h1-12,28H,13-14H2,(H,25,27). The molecule has 0 spiro atoms. The van der Waals surface area contributed by atoms with Gasteiger partial charge in [0.2, 0.25) is 0 Å². The largest absolute Gasteiger partial charge is 0.491 e. The molecule has 0 bridgehead atoms. The quantitative estimate of drug-likeness (QED) is 0.531. The smallest absolute Gasteiger partial charge is 0.423 e. The lowest BCUT2D eigenvalue weighted by Crippen LogP contribution is -2.28. The van der Waals surface area contributed by atoms with Crippen LogP contribution in [0, 0.1) is 0 Å². The number of para-hydroxylation sites is 1. The first-order chi connectivity index (χ1) is 14.2. The van der Waals surface area contributed by atoms with E-state index in [0.717, 1.165) is 27.5 Å². The first-order valence-electron chi connectivity index (χ1n) is 9.40. The third kappa shape index (κ3) is 3.31. The molecule has 0 fully saturated rings. The number of pyridine rings is 1. The molecule has 2 aromatic carbocycles. The Morgan fingerprint density at radius 2 is 1.97 bits per heavy atom. The second-order valence-electron chi connectivity index (χ2n) is 7.06. The zero-order valence-electron chi connectivity index (χ0n) is 15.6. The fraction of sp³-hybridized carbons (Fsp3) is 0.0909. The molecule has 4 aromatic rings. The van der Waals surface area contributed by atoms with Crippen molar-refractivity contribution in [2.75, 3.05) is 5.32 Å². The van der Waals surface area contributed by atoms with Crippen LogP contribution >= 0.6 is 0 Å². The van der Waals surface area contributed by atoms with Gasteiger partial charge in [-0.2, -0.15) is 0 Å². The molecule has 142 valence electrons. The summed E-state index contributed by atoms with van der Waals surface area (Å²) < 4.78 is 7.24.